The van der Waals surface area contributed by atoms with Crippen LogP contribution in [0.1, 0.15) is 67.1 Å². The van der Waals surface area contributed by atoms with Gasteiger partial charge in [0.1, 0.15) is 17.7 Å². The Hall–Kier alpha value is -3.23. The number of aromatic nitrogens is 5. The van der Waals surface area contributed by atoms with Crippen molar-refractivity contribution in [3.05, 3.63) is 75.9 Å². The molecule has 0 saturated heterocycles. The van der Waals surface area contributed by atoms with Crippen LogP contribution in [0.4, 0.5) is 0 Å². The van der Waals surface area contributed by atoms with E-state index in [1.165, 1.54) is 0 Å². The Labute approximate surface area is 191 Å². The maximum absolute atomic E-state index is 13.5. The maximum atomic E-state index is 13.5. The predicted octanol–water partition coefficient (Wildman–Crippen LogP) is 2.79. The van der Waals surface area contributed by atoms with Gasteiger partial charge in [-0.05, 0) is 61.8 Å². The molecule has 1 aromatic carbocycles. The summed E-state index contributed by atoms with van der Waals surface area (Å²) in [6.45, 7) is 1.74. The first-order valence-electron chi connectivity index (χ1n) is 11.5. The van der Waals surface area contributed by atoms with Gasteiger partial charge >= 0.3 is 0 Å². The number of aryl methyl sites for hydroxylation is 1. The minimum Gasteiger partial charge on any atom is -0.389 e. The average Bonchev–Trinajstić information content (AvgIpc) is 3.36. The van der Waals surface area contributed by atoms with Crippen molar-refractivity contribution in [3.8, 4) is 5.69 Å². The number of benzene rings is 1. The zero-order chi connectivity index (χ0) is 22.9. The minimum absolute atomic E-state index is 0.114. The van der Waals surface area contributed by atoms with Gasteiger partial charge in [-0.2, -0.15) is 0 Å². The largest absolute Gasteiger partial charge is 0.389 e. The molecule has 4 N–H and O–H groups in total. The number of H-pyrrole nitrogens is 1. The monoisotopic (exact) mass is 444 g/mol. The van der Waals surface area contributed by atoms with Crippen LogP contribution in [-0.4, -0.2) is 35.5 Å². The van der Waals surface area contributed by atoms with Crippen molar-refractivity contribution in [1.29, 1.82) is 0 Å². The number of fused-ring (bicyclic) bond motifs is 1. The molecule has 8 heteroatoms. The Bertz CT molecular complexity index is 1420. The molecule has 0 aliphatic heterocycles. The van der Waals surface area contributed by atoms with E-state index in [-0.39, 0.29) is 17.0 Å². The molecule has 4 aromatic rings. The zero-order valence-corrected chi connectivity index (χ0v) is 18.8. The first-order valence-corrected chi connectivity index (χ1v) is 11.5. The summed E-state index contributed by atoms with van der Waals surface area (Å²) in [7, 11) is 1.95. The maximum Gasteiger partial charge on any atom is 0.279 e. The van der Waals surface area contributed by atoms with Crippen LogP contribution in [0.15, 0.2) is 47.8 Å². The van der Waals surface area contributed by atoms with Crippen molar-refractivity contribution >= 4 is 10.9 Å². The average molecular weight is 445 g/mol. The molecular formula is C25H28N6O2. The van der Waals surface area contributed by atoms with Crippen LogP contribution in [0.25, 0.3) is 16.6 Å². The Morgan fingerprint density at radius 2 is 2.09 bits per heavy atom. The lowest BCUT2D eigenvalue weighted by atomic mass is 9.61. The summed E-state index contributed by atoms with van der Waals surface area (Å²) in [6.07, 6.45) is 8.61. The highest BCUT2D eigenvalue weighted by Crippen LogP contribution is 2.48. The molecule has 8 nitrogen and oxygen atoms in total. The molecule has 1 unspecified atom stereocenters. The lowest BCUT2D eigenvalue weighted by Crippen LogP contribution is -2.51. The van der Waals surface area contributed by atoms with Crippen LogP contribution < -0.4 is 11.3 Å². The van der Waals surface area contributed by atoms with Crippen LogP contribution in [0.5, 0.6) is 0 Å². The number of aliphatic hydroxyl groups is 1. The Balaban J connectivity index is 1.53. The number of nitrogens with two attached hydrogens (primary N) is 1. The van der Waals surface area contributed by atoms with E-state index >= 15 is 0 Å². The van der Waals surface area contributed by atoms with E-state index in [0.717, 1.165) is 59.3 Å². The molecule has 0 amide bonds. The van der Waals surface area contributed by atoms with Crippen LogP contribution in [0, 0.1) is 0 Å². The molecule has 6 rings (SSSR count). The number of hydrogen-bond acceptors (Lipinski definition) is 5. The molecule has 0 spiro atoms. The Morgan fingerprint density at radius 3 is 2.73 bits per heavy atom. The van der Waals surface area contributed by atoms with Gasteiger partial charge in [-0.25, -0.2) is 0 Å². The predicted molar refractivity (Wildman–Crippen MR) is 125 cm³/mol. The standard InChI is InChI=1S/C25H28N6O2/c1-14(32)19-11-27-22-21(19)20(15-6-7-15)12-31(23(22)33)18-5-3-4-16(8-18)25(9-17(26)10-25)24-29-28-13-30(24)2/h3-5,8,11-15,17,27,32H,6-7,9-10,26H2,1-2H3. The number of hydrogen-bond donors (Lipinski definition) is 3. The number of aliphatic hydroxyl groups excluding tert-OH is 1. The number of pyridine rings is 1. The third-order valence-corrected chi connectivity index (χ3v) is 7.41. The summed E-state index contributed by atoms with van der Waals surface area (Å²) >= 11 is 0. The van der Waals surface area contributed by atoms with E-state index in [0.29, 0.717) is 11.4 Å². The molecule has 2 fully saturated rings. The lowest BCUT2D eigenvalue weighted by molar-refractivity contribution is 0.201. The minimum atomic E-state index is -0.635. The molecule has 1 atom stereocenters. The third kappa shape index (κ3) is 3.01. The van der Waals surface area contributed by atoms with Gasteiger partial charge in [0.2, 0.25) is 0 Å². The SMILES string of the molecule is CC(O)c1c[nH]c2c(=O)n(-c3cccc(C4(c5nncn5C)CC(N)C4)c3)cc(C3CC3)c12. The van der Waals surface area contributed by atoms with Gasteiger partial charge in [-0.15, -0.1) is 10.2 Å². The highest BCUT2D eigenvalue weighted by molar-refractivity contribution is 5.87. The van der Waals surface area contributed by atoms with Crippen molar-refractivity contribution in [2.24, 2.45) is 12.8 Å². The molecule has 2 saturated carbocycles. The third-order valence-electron chi connectivity index (χ3n) is 7.41. The topological polar surface area (TPSA) is 115 Å². The van der Waals surface area contributed by atoms with Gasteiger partial charge in [-0.3, -0.25) is 9.36 Å². The molecule has 3 heterocycles. The Morgan fingerprint density at radius 1 is 1.30 bits per heavy atom. The summed E-state index contributed by atoms with van der Waals surface area (Å²) in [6, 6.07) is 8.26. The summed E-state index contributed by atoms with van der Waals surface area (Å²) in [5.41, 5.74) is 10.2. The zero-order valence-electron chi connectivity index (χ0n) is 18.8. The van der Waals surface area contributed by atoms with E-state index in [1.54, 1.807) is 24.0 Å². The molecule has 2 aliphatic carbocycles. The summed E-state index contributed by atoms with van der Waals surface area (Å²) < 4.78 is 3.70. The molecule has 33 heavy (non-hydrogen) atoms. The normalized spacial score (nSPS) is 23.6. The highest BCUT2D eigenvalue weighted by atomic mass is 16.3. The van der Waals surface area contributed by atoms with Crippen LogP contribution >= 0.6 is 0 Å². The number of rotatable bonds is 5. The van der Waals surface area contributed by atoms with Crippen molar-refractivity contribution in [2.45, 2.75) is 56.1 Å². The molecule has 0 bridgehead atoms. The number of nitrogens with one attached hydrogen (secondary N) is 1. The lowest BCUT2D eigenvalue weighted by Gasteiger charge is -2.45. The van der Waals surface area contributed by atoms with Crippen LogP contribution in [0.3, 0.4) is 0 Å². The number of nitrogens with zero attached hydrogens (tertiary/aromatic N) is 4. The first kappa shape index (κ1) is 20.4. The van der Waals surface area contributed by atoms with Crippen molar-refractivity contribution in [1.82, 2.24) is 24.3 Å². The van der Waals surface area contributed by atoms with Crippen molar-refractivity contribution < 1.29 is 5.11 Å². The fourth-order valence-corrected chi connectivity index (χ4v) is 5.58. The van der Waals surface area contributed by atoms with Crippen molar-refractivity contribution in [2.75, 3.05) is 0 Å². The van der Waals surface area contributed by atoms with Gasteiger partial charge in [0.15, 0.2) is 0 Å². The van der Waals surface area contributed by atoms with E-state index < -0.39 is 6.10 Å². The summed E-state index contributed by atoms with van der Waals surface area (Å²) in [5.74, 6) is 1.32. The van der Waals surface area contributed by atoms with E-state index in [9.17, 15) is 9.90 Å². The van der Waals surface area contributed by atoms with Crippen LogP contribution in [-0.2, 0) is 12.5 Å². The van der Waals surface area contributed by atoms with Gasteiger partial charge in [-0.1, -0.05) is 12.1 Å². The molecule has 170 valence electrons. The molecule has 3 aromatic heterocycles. The van der Waals surface area contributed by atoms with Gasteiger partial charge in [0, 0.05) is 42.1 Å². The van der Waals surface area contributed by atoms with E-state index in [4.69, 9.17) is 5.73 Å². The first-order chi connectivity index (χ1) is 15.9. The van der Waals surface area contributed by atoms with Crippen molar-refractivity contribution in [3.63, 3.8) is 0 Å². The molecular weight excluding hydrogens is 416 g/mol. The number of aromatic amines is 1. The van der Waals surface area contributed by atoms with Gasteiger partial charge < -0.3 is 20.4 Å². The molecule has 2 aliphatic rings. The van der Waals surface area contributed by atoms with Crippen LogP contribution in [0.2, 0.25) is 0 Å². The van der Waals surface area contributed by atoms with Gasteiger partial charge in [0.05, 0.1) is 11.5 Å². The second-order valence-corrected chi connectivity index (χ2v) is 9.77. The second-order valence-electron chi connectivity index (χ2n) is 9.77. The van der Waals surface area contributed by atoms with E-state index in [1.807, 2.05) is 29.9 Å². The van der Waals surface area contributed by atoms with Gasteiger partial charge in [0.25, 0.3) is 5.56 Å². The Kier molecular flexibility index (Phi) is 4.41. The fraction of sp³-hybridized carbons (Fsp3) is 0.400. The summed E-state index contributed by atoms with van der Waals surface area (Å²) in [4.78, 5) is 16.7. The molecule has 0 radical (unpaired) electrons. The second kappa shape index (κ2) is 7.13. The smallest absolute Gasteiger partial charge is 0.279 e. The highest BCUT2D eigenvalue weighted by Gasteiger charge is 2.48. The summed E-state index contributed by atoms with van der Waals surface area (Å²) in [5, 5.41) is 19.6. The van der Waals surface area contributed by atoms with E-state index in [2.05, 4.69) is 27.3 Å². The quantitative estimate of drug-likeness (QED) is 0.438. The fourth-order valence-electron chi connectivity index (χ4n) is 5.58.